The summed E-state index contributed by atoms with van der Waals surface area (Å²) < 4.78 is 1.22. The Balaban J connectivity index is 1.34. The van der Waals surface area contributed by atoms with Crippen LogP contribution in [0.3, 0.4) is 0 Å². The minimum absolute atomic E-state index is 0.118. The van der Waals surface area contributed by atoms with Crippen LogP contribution >= 0.6 is 0 Å². The number of carbonyl (C=O) groups excluding carboxylic acids is 1. The number of pyridine rings is 1. The maximum Gasteiger partial charge on any atom is 0.277 e. The SMILES string of the molecule is CN1CCN(c2ccc(NC(=O)CCn3nnc4ccccc4c3=O)cn2)CC1. The summed E-state index contributed by atoms with van der Waals surface area (Å²) in [6.07, 6.45) is 1.78. The van der Waals surface area contributed by atoms with Crippen molar-refractivity contribution in [2.75, 3.05) is 43.4 Å². The maximum absolute atomic E-state index is 12.4. The number of amides is 1. The quantitative estimate of drug-likeness (QED) is 0.690. The third kappa shape index (κ3) is 4.40. The fourth-order valence-electron chi connectivity index (χ4n) is 3.28. The number of fused-ring (bicyclic) bond motifs is 1. The van der Waals surface area contributed by atoms with E-state index in [0.29, 0.717) is 16.6 Å². The second-order valence-electron chi connectivity index (χ2n) is 7.13. The summed E-state index contributed by atoms with van der Waals surface area (Å²) in [6, 6.07) is 10.8. The van der Waals surface area contributed by atoms with Gasteiger partial charge in [-0.05, 0) is 31.3 Å². The Morgan fingerprint density at radius 2 is 1.90 bits per heavy atom. The molecule has 1 amide bonds. The molecule has 3 heterocycles. The Morgan fingerprint density at radius 3 is 2.66 bits per heavy atom. The van der Waals surface area contributed by atoms with Gasteiger partial charge >= 0.3 is 0 Å². The van der Waals surface area contributed by atoms with Crippen LogP contribution in [0.4, 0.5) is 11.5 Å². The molecule has 1 aromatic carbocycles. The van der Waals surface area contributed by atoms with Crippen LogP contribution in [-0.4, -0.2) is 64.0 Å². The van der Waals surface area contributed by atoms with Crippen LogP contribution in [0, 0.1) is 0 Å². The zero-order valence-electron chi connectivity index (χ0n) is 16.3. The van der Waals surface area contributed by atoms with Gasteiger partial charge in [-0.2, -0.15) is 0 Å². The van der Waals surface area contributed by atoms with Gasteiger partial charge in [0.1, 0.15) is 11.3 Å². The van der Waals surface area contributed by atoms with E-state index >= 15 is 0 Å². The van der Waals surface area contributed by atoms with E-state index in [2.05, 4.69) is 37.5 Å². The van der Waals surface area contributed by atoms with E-state index in [1.807, 2.05) is 12.1 Å². The van der Waals surface area contributed by atoms with E-state index < -0.39 is 0 Å². The molecule has 1 aliphatic rings. The molecule has 4 rings (SSSR count). The molecule has 9 nitrogen and oxygen atoms in total. The number of hydrogen-bond donors (Lipinski definition) is 1. The number of piperazine rings is 1. The zero-order valence-corrected chi connectivity index (χ0v) is 16.3. The van der Waals surface area contributed by atoms with Crippen LogP contribution in [-0.2, 0) is 11.3 Å². The third-order valence-electron chi connectivity index (χ3n) is 5.04. The van der Waals surface area contributed by atoms with Crippen molar-refractivity contribution in [1.82, 2.24) is 24.9 Å². The van der Waals surface area contributed by atoms with E-state index in [0.717, 1.165) is 32.0 Å². The highest BCUT2D eigenvalue weighted by Gasteiger charge is 2.15. The van der Waals surface area contributed by atoms with Gasteiger partial charge in [-0.1, -0.05) is 17.3 Å². The Morgan fingerprint density at radius 1 is 1.10 bits per heavy atom. The predicted molar refractivity (Wildman–Crippen MR) is 111 cm³/mol. The first-order chi connectivity index (χ1) is 14.1. The van der Waals surface area contributed by atoms with Gasteiger partial charge in [0.05, 0.1) is 23.8 Å². The first-order valence-corrected chi connectivity index (χ1v) is 9.62. The monoisotopic (exact) mass is 393 g/mol. The maximum atomic E-state index is 12.4. The lowest BCUT2D eigenvalue weighted by molar-refractivity contribution is -0.116. The molecule has 0 aliphatic carbocycles. The molecule has 0 saturated carbocycles. The lowest BCUT2D eigenvalue weighted by Crippen LogP contribution is -2.44. The van der Waals surface area contributed by atoms with Gasteiger partial charge in [-0.3, -0.25) is 9.59 Å². The lowest BCUT2D eigenvalue weighted by Gasteiger charge is -2.33. The van der Waals surface area contributed by atoms with Crippen molar-refractivity contribution in [3.8, 4) is 0 Å². The van der Waals surface area contributed by atoms with Crippen LogP contribution < -0.4 is 15.8 Å². The van der Waals surface area contributed by atoms with Gasteiger partial charge in [0, 0.05) is 32.6 Å². The van der Waals surface area contributed by atoms with E-state index in [1.165, 1.54) is 4.68 Å². The summed E-state index contributed by atoms with van der Waals surface area (Å²) in [5, 5.41) is 11.2. The average Bonchev–Trinajstić information content (AvgIpc) is 2.75. The molecular weight excluding hydrogens is 370 g/mol. The molecule has 150 valence electrons. The Kier molecular flexibility index (Phi) is 5.48. The second kappa shape index (κ2) is 8.36. The first-order valence-electron chi connectivity index (χ1n) is 9.62. The summed E-state index contributed by atoms with van der Waals surface area (Å²) in [6.45, 7) is 4.07. The molecule has 0 unspecified atom stereocenters. The van der Waals surface area contributed by atoms with Gasteiger partial charge in [0.25, 0.3) is 5.56 Å². The van der Waals surface area contributed by atoms with E-state index in [1.54, 1.807) is 30.5 Å². The lowest BCUT2D eigenvalue weighted by atomic mass is 10.2. The number of carbonyl (C=O) groups is 1. The van der Waals surface area contributed by atoms with E-state index in [4.69, 9.17) is 0 Å². The summed E-state index contributed by atoms with van der Waals surface area (Å²) in [5.41, 5.74) is 0.927. The molecule has 0 spiro atoms. The molecule has 1 saturated heterocycles. The average molecular weight is 393 g/mol. The minimum atomic E-state index is -0.249. The molecule has 29 heavy (non-hydrogen) atoms. The van der Waals surface area contributed by atoms with Gasteiger partial charge in [-0.25, -0.2) is 9.67 Å². The van der Waals surface area contributed by atoms with Crippen molar-refractivity contribution >= 4 is 28.3 Å². The molecule has 0 bridgehead atoms. The third-order valence-corrected chi connectivity index (χ3v) is 5.04. The van der Waals surface area contributed by atoms with Crippen LogP contribution in [0.2, 0.25) is 0 Å². The van der Waals surface area contributed by atoms with Crippen molar-refractivity contribution in [2.45, 2.75) is 13.0 Å². The van der Waals surface area contributed by atoms with Gasteiger partial charge in [-0.15, -0.1) is 5.10 Å². The number of likely N-dealkylation sites (N-methyl/N-ethyl adjacent to an activating group) is 1. The summed E-state index contributed by atoms with van der Waals surface area (Å²) in [5.74, 6) is 0.704. The highest BCUT2D eigenvalue weighted by Crippen LogP contribution is 2.16. The van der Waals surface area contributed by atoms with E-state index in [9.17, 15) is 9.59 Å². The number of anilines is 2. The fourth-order valence-corrected chi connectivity index (χ4v) is 3.28. The number of nitrogens with one attached hydrogen (secondary N) is 1. The van der Waals surface area contributed by atoms with Crippen LogP contribution in [0.25, 0.3) is 10.9 Å². The topological polar surface area (TPSA) is 96.2 Å². The normalized spacial score (nSPS) is 14.9. The van der Waals surface area contributed by atoms with Crippen molar-refractivity contribution < 1.29 is 4.79 Å². The number of aromatic nitrogens is 4. The van der Waals surface area contributed by atoms with Crippen molar-refractivity contribution in [2.24, 2.45) is 0 Å². The standard InChI is InChI=1S/C20H23N7O2/c1-25-10-12-26(13-11-25)18-7-6-15(14-21-18)22-19(28)8-9-27-20(29)16-4-2-3-5-17(16)23-24-27/h2-7,14H,8-13H2,1H3,(H,22,28). The molecule has 0 radical (unpaired) electrons. The largest absolute Gasteiger partial charge is 0.354 e. The molecular formula is C20H23N7O2. The number of nitrogens with zero attached hydrogens (tertiary/aromatic N) is 6. The Hall–Kier alpha value is -3.33. The zero-order chi connectivity index (χ0) is 20.2. The van der Waals surface area contributed by atoms with Gasteiger partial charge in [0.15, 0.2) is 0 Å². The smallest absolute Gasteiger partial charge is 0.277 e. The number of rotatable bonds is 5. The van der Waals surface area contributed by atoms with E-state index in [-0.39, 0.29) is 24.4 Å². The van der Waals surface area contributed by atoms with Crippen LogP contribution in [0.5, 0.6) is 0 Å². The van der Waals surface area contributed by atoms with Crippen molar-refractivity contribution in [3.05, 3.63) is 52.9 Å². The molecule has 2 aromatic heterocycles. The predicted octanol–water partition coefficient (Wildman–Crippen LogP) is 0.967. The summed E-state index contributed by atoms with van der Waals surface area (Å²) in [4.78, 5) is 33.7. The number of benzene rings is 1. The Labute approximate surface area is 168 Å². The van der Waals surface area contributed by atoms with Gasteiger partial charge < -0.3 is 15.1 Å². The first kappa shape index (κ1) is 19.0. The minimum Gasteiger partial charge on any atom is -0.354 e. The Bertz CT molecular complexity index is 1060. The molecule has 0 atom stereocenters. The molecule has 1 aliphatic heterocycles. The van der Waals surface area contributed by atoms with Crippen LogP contribution in [0.1, 0.15) is 6.42 Å². The highest BCUT2D eigenvalue weighted by atomic mass is 16.2. The van der Waals surface area contributed by atoms with Gasteiger partial charge in [0.2, 0.25) is 5.91 Å². The number of aryl methyl sites for hydroxylation is 1. The second-order valence-corrected chi connectivity index (χ2v) is 7.13. The molecule has 9 heteroatoms. The van der Waals surface area contributed by atoms with Crippen molar-refractivity contribution in [3.63, 3.8) is 0 Å². The fraction of sp³-hybridized carbons (Fsp3) is 0.350. The summed E-state index contributed by atoms with van der Waals surface area (Å²) in [7, 11) is 2.11. The summed E-state index contributed by atoms with van der Waals surface area (Å²) >= 11 is 0. The number of hydrogen-bond acceptors (Lipinski definition) is 7. The molecule has 3 aromatic rings. The highest BCUT2D eigenvalue weighted by molar-refractivity contribution is 5.90. The van der Waals surface area contributed by atoms with Crippen LogP contribution in [0.15, 0.2) is 47.4 Å². The van der Waals surface area contributed by atoms with Crippen molar-refractivity contribution in [1.29, 1.82) is 0 Å². The molecule has 1 N–H and O–H groups in total. The molecule has 1 fully saturated rings.